The van der Waals surface area contributed by atoms with Gasteiger partial charge in [0.1, 0.15) is 24.2 Å². The molecule has 0 aliphatic carbocycles. The lowest BCUT2D eigenvalue weighted by molar-refractivity contribution is -0.274. The summed E-state index contributed by atoms with van der Waals surface area (Å²) in [6.45, 7) is -0.0930. The van der Waals surface area contributed by atoms with Gasteiger partial charge in [0.2, 0.25) is 0 Å². The molecule has 0 spiro atoms. The van der Waals surface area contributed by atoms with Crippen LogP contribution in [0.3, 0.4) is 0 Å². The second-order valence-corrected chi connectivity index (χ2v) is 7.67. The third-order valence-electron chi connectivity index (χ3n) is 4.20. The van der Waals surface area contributed by atoms with Gasteiger partial charge in [-0.2, -0.15) is 0 Å². The van der Waals surface area contributed by atoms with Gasteiger partial charge in [0.25, 0.3) is 0 Å². The lowest BCUT2D eigenvalue weighted by Crippen LogP contribution is -2.17. The maximum atomic E-state index is 12.2. The number of carbonyl (C=O) groups is 2. The van der Waals surface area contributed by atoms with Gasteiger partial charge >= 0.3 is 6.36 Å². The zero-order valence-corrected chi connectivity index (χ0v) is 15.8. The smallest absolute Gasteiger partial charge is 0.491 e. The molecule has 1 aliphatic rings. The highest BCUT2D eigenvalue weighted by Gasteiger charge is 2.32. The van der Waals surface area contributed by atoms with E-state index in [-0.39, 0.29) is 42.4 Å². The molecule has 3 rings (SSSR count). The molecule has 0 radical (unpaired) electrons. The van der Waals surface area contributed by atoms with Crippen LogP contribution in [-0.2, 0) is 16.0 Å². The number of halogens is 3. The second-order valence-electron chi connectivity index (χ2n) is 6.41. The molecule has 0 aromatic heterocycles. The molecule has 2 aromatic carbocycles. The van der Waals surface area contributed by atoms with Gasteiger partial charge in [-0.05, 0) is 41.8 Å². The Bertz CT molecular complexity index is 866. The van der Waals surface area contributed by atoms with Crippen LogP contribution in [-0.4, -0.2) is 34.2 Å². The number of aliphatic hydroxyl groups is 1. The van der Waals surface area contributed by atoms with Crippen molar-refractivity contribution in [2.45, 2.75) is 38.0 Å². The molecule has 1 fully saturated rings. The van der Waals surface area contributed by atoms with Crippen molar-refractivity contribution >= 4 is 22.7 Å². The molecule has 9 heteroatoms. The average Bonchev–Trinajstić information content (AvgIpc) is 2.97. The van der Waals surface area contributed by atoms with Crippen molar-refractivity contribution in [3.8, 4) is 11.5 Å². The Hall–Kier alpha value is -2.52. The molecular weight excluding hydrogens is 421 g/mol. The van der Waals surface area contributed by atoms with Crippen LogP contribution in [0.2, 0.25) is 0 Å². The Morgan fingerprint density at radius 1 is 1.03 bits per heavy atom. The molecular formula is C21H21F3O5S. The van der Waals surface area contributed by atoms with Crippen LogP contribution in [0.15, 0.2) is 48.5 Å². The van der Waals surface area contributed by atoms with Crippen molar-refractivity contribution in [1.82, 2.24) is 0 Å². The summed E-state index contributed by atoms with van der Waals surface area (Å²) < 4.78 is 45.8. The summed E-state index contributed by atoms with van der Waals surface area (Å²) in [6.07, 6.45) is -5.36. The van der Waals surface area contributed by atoms with Crippen LogP contribution in [0.1, 0.15) is 31.1 Å². The van der Waals surface area contributed by atoms with Crippen molar-refractivity contribution in [3.05, 3.63) is 59.7 Å². The molecule has 30 heavy (non-hydrogen) atoms. The molecule has 162 valence electrons. The van der Waals surface area contributed by atoms with Gasteiger partial charge in [0.15, 0.2) is 10.9 Å². The van der Waals surface area contributed by atoms with Gasteiger partial charge in [0, 0.05) is 0 Å². The van der Waals surface area contributed by atoms with Gasteiger partial charge in [-0.3, -0.25) is 9.59 Å². The number of aliphatic hydroxyl groups excluding tert-OH is 1. The number of carbonyl (C=O) groups excluding carboxylic acids is 2. The topological polar surface area (TPSA) is 72.8 Å². The molecule has 1 unspecified atom stereocenters. The minimum atomic E-state index is -4.77. The van der Waals surface area contributed by atoms with E-state index in [1.54, 1.807) is 24.3 Å². The van der Waals surface area contributed by atoms with E-state index in [9.17, 15) is 27.9 Å². The van der Waals surface area contributed by atoms with E-state index in [0.29, 0.717) is 17.7 Å². The standard InChI is InChI=1S/C20H17F3O5S.CH4/c21-20(22,23)28-15-7-3-13(4-8-15)17(25)11-27-14-5-1-12(2-6-14)9-18-16(24)10-19(26)29-18;/h1-8,17-18,25H,9-11H2;1H4/t17-,18?;/m0./s1. The fourth-order valence-electron chi connectivity index (χ4n) is 2.78. The largest absolute Gasteiger partial charge is 0.573 e. The minimum Gasteiger partial charge on any atom is -0.491 e. The summed E-state index contributed by atoms with van der Waals surface area (Å²) in [5.74, 6) is 0.0620. The number of rotatable bonds is 7. The zero-order valence-electron chi connectivity index (χ0n) is 15.0. The van der Waals surface area contributed by atoms with Crippen molar-refractivity contribution in [1.29, 1.82) is 0 Å². The fraction of sp³-hybridized carbons (Fsp3) is 0.333. The van der Waals surface area contributed by atoms with Crippen LogP contribution in [0.25, 0.3) is 0 Å². The molecule has 0 bridgehead atoms. The van der Waals surface area contributed by atoms with Gasteiger partial charge in [0.05, 0.1) is 11.7 Å². The summed E-state index contributed by atoms with van der Waals surface area (Å²) >= 11 is 1.06. The highest BCUT2D eigenvalue weighted by atomic mass is 32.2. The Labute approximate surface area is 176 Å². The van der Waals surface area contributed by atoms with Gasteiger partial charge in [-0.15, -0.1) is 13.2 Å². The normalized spacial score (nSPS) is 17.4. The summed E-state index contributed by atoms with van der Waals surface area (Å²) in [6, 6.07) is 11.8. The predicted octanol–water partition coefficient (Wildman–Crippen LogP) is 4.48. The SMILES string of the molecule is C.O=C1CC(=O)C(Cc2ccc(OC[C@H](O)c3ccc(OC(F)(F)F)cc3)cc2)S1. The first-order valence-electron chi connectivity index (χ1n) is 8.67. The van der Waals surface area contributed by atoms with Gasteiger partial charge in [-0.25, -0.2) is 0 Å². The lowest BCUT2D eigenvalue weighted by atomic mass is 10.1. The first-order valence-corrected chi connectivity index (χ1v) is 9.55. The maximum Gasteiger partial charge on any atom is 0.573 e. The van der Waals surface area contributed by atoms with E-state index in [1.807, 2.05) is 0 Å². The highest BCUT2D eigenvalue weighted by Crippen LogP contribution is 2.29. The molecule has 2 aromatic rings. The Morgan fingerprint density at radius 2 is 1.63 bits per heavy atom. The predicted molar refractivity (Wildman–Crippen MR) is 106 cm³/mol. The van der Waals surface area contributed by atoms with E-state index in [2.05, 4.69) is 4.74 Å². The third kappa shape index (κ3) is 6.77. The highest BCUT2D eigenvalue weighted by molar-refractivity contribution is 8.15. The van der Waals surface area contributed by atoms with Crippen LogP contribution in [0.5, 0.6) is 11.5 Å². The summed E-state index contributed by atoms with van der Waals surface area (Å²) in [7, 11) is 0. The number of ether oxygens (including phenoxy) is 2. The van der Waals surface area contributed by atoms with Crippen molar-refractivity contribution in [2.75, 3.05) is 6.61 Å². The van der Waals surface area contributed by atoms with Crippen molar-refractivity contribution in [3.63, 3.8) is 0 Å². The first kappa shape index (κ1) is 23.8. The number of hydrogen-bond donors (Lipinski definition) is 1. The molecule has 2 atom stereocenters. The van der Waals surface area contributed by atoms with E-state index < -0.39 is 12.5 Å². The molecule has 0 saturated carbocycles. The van der Waals surface area contributed by atoms with Crippen LogP contribution in [0, 0.1) is 0 Å². The monoisotopic (exact) mass is 442 g/mol. The van der Waals surface area contributed by atoms with Crippen molar-refractivity contribution < 1.29 is 37.3 Å². The number of ketones is 1. The Balaban J connectivity index is 0.00000320. The second kappa shape index (κ2) is 9.99. The fourth-order valence-corrected chi connectivity index (χ4v) is 3.81. The van der Waals surface area contributed by atoms with Crippen molar-refractivity contribution in [2.24, 2.45) is 0 Å². The van der Waals surface area contributed by atoms with Crippen LogP contribution >= 0.6 is 11.8 Å². The number of hydrogen-bond acceptors (Lipinski definition) is 6. The number of Topliss-reactive ketones (excluding diaryl/α,β-unsaturated/α-hetero) is 1. The quantitative estimate of drug-likeness (QED) is 0.638. The Kier molecular flexibility index (Phi) is 7.91. The van der Waals surface area contributed by atoms with Gasteiger partial charge < -0.3 is 14.6 Å². The third-order valence-corrected chi connectivity index (χ3v) is 5.32. The maximum absolute atomic E-state index is 12.2. The number of thioether (sulfide) groups is 1. The summed E-state index contributed by atoms with van der Waals surface area (Å²) in [4.78, 5) is 23.0. The number of alkyl halides is 3. The minimum absolute atomic E-state index is 0. The van der Waals surface area contributed by atoms with E-state index in [1.165, 1.54) is 12.1 Å². The van der Waals surface area contributed by atoms with E-state index in [0.717, 1.165) is 29.5 Å². The molecule has 1 aliphatic heterocycles. The Morgan fingerprint density at radius 3 is 2.17 bits per heavy atom. The summed E-state index contributed by atoms with van der Waals surface area (Å²) in [5.41, 5.74) is 1.27. The van der Waals surface area contributed by atoms with Gasteiger partial charge in [-0.1, -0.05) is 43.5 Å². The molecule has 1 saturated heterocycles. The molecule has 0 amide bonds. The molecule has 5 nitrogen and oxygen atoms in total. The lowest BCUT2D eigenvalue weighted by Gasteiger charge is -2.14. The zero-order chi connectivity index (χ0) is 21.0. The number of benzene rings is 2. The van der Waals surface area contributed by atoms with E-state index in [4.69, 9.17) is 4.74 Å². The first-order chi connectivity index (χ1) is 13.7. The molecule has 1 N–H and O–H groups in total. The van der Waals surface area contributed by atoms with Crippen LogP contribution in [0.4, 0.5) is 13.2 Å². The molecule has 1 heterocycles. The average molecular weight is 442 g/mol. The summed E-state index contributed by atoms with van der Waals surface area (Å²) in [5, 5.41) is 9.69. The van der Waals surface area contributed by atoms with Crippen LogP contribution < -0.4 is 9.47 Å². The van der Waals surface area contributed by atoms with E-state index >= 15 is 0 Å².